The van der Waals surface area contributed by atoms with Gasteiger partial charge >= 0.3 is 0 Å². The van der Waals surface area contributed by atoms with Crippen LogP contribution in [0.25, 0.3) is 0 Å². The molecule has 3 heteroatoms. The largest absolute Gasteiger partial charge is 0.799 e. The van der Waals surface area contributed by atoms with Gasteiger partial charge in [0.1, 0.15) is 0 Å². The molecule has 23 heavy (non-hydrogen) atoms. The minimum atomic E-state index is -3.07. The molecule has 0 saturated carbocycles. The van der Waals surface area contributed by atoms with E-state index in [0.29, 0.717) is 12.3 Å². The van der Waals surface area contributed by atoms with E-state index in [1.54, 1.807) is 0 Å². The average molecular weight is 346 g/mol. The van der Waals surface area contributed by atoms with E-state index in [1.807, 2.05) is 0 Å². The fourth-order valence-corrected chi connectivity index (χ4v) is 4.72. The average Bonchev–Trinajstić information content (AvgIpc) is 2.52. The molecule has 0 rings (SSSR count). The Kier molecular flexibility index (Phi) is 17.2. The van der Waals surface area contributed by atoms with Crippen LogP contribution in [0.15, 0.2) is 0 Å². The van der Waals surface area contributed by atoms with Crippen LogP contribution in [0.5, 0.6) is 0 Å². The van der Waals surface area contributed by atoms with Gasteiger partial charge in [0.2, 0.25) is 0 Å². The molecule has 0 aromatic carbocycles. The molecular weight excluding hydrogens is 303 g/mol. The molecule has 140 valence electrons. The SMILES string of the molecule is CCCCCCCCCCP(=O)([O-])CCCCCCCCCC. The van der Waals surface area contributed by atoms with Gasteiger partial charge in [-0.25, -0.2) is 0 Å². The quantitative estimate of drug-likeness (QED) is 0.200. The minimum absolute atomic E-state index is 0.443. The standard InChI is InChI=1S/C20H43O2P/c1-3-5-7-9-11-13-15-17-19-23(21,22)20-18-16-14-12-10-8-6-4-2/h3-20H2,1-2H3,(H,21,22)/p-1. The zero-order valence-electron chi connectivity index (χ0n) is 16.0. The molecule has 0 fully saturated rings. The highest BCUT2D eigenvalue weighted by molar-refractivity contribution is 7.56. The Bertz CT molecular complexity index is 255. The lowest BCUT2D eigenvalue weighted by Crippen LogP contribution is -2.09. The summed E-state index contributed by atoms with van der Waals surface area (Å²) in [6.45, 7) is 4.47. The molecule has 0 aliphatic rings. The minimum Gasteiger partial charge on any atom is -0.799 e. The fourth-order valence-electron chi connectivity index (χ4n) is 3.08. The van der Waals surface area contributed by atoms with Gasteiger partial charge in [0, 0.05) is 7.37 Å². The lowest BCUT2D eigenvalue weighted by atomic mass is 10.1. The fraction of sp³-hybridized carbons (Fsp3) is 1.00. The van der Waals surface area contributed by atoms with Crippen LogP contribution in [0, 0.1) is 0 Å². The van der Waals surface area contributed by atoms with Crippen molar-refractivity contribution in [2.24, 2.45) is 0 Å². The zero-order valence-corrected chi connectivity index (χ0v) is 16.9. The Morgan fingerprint density at radius 3 is 1.09 bits per heavy atom. The van der Waals surface area contributed by atoms with E-state index in [1.165, 1.54) is 77.0 Å². The Morgan fingerprint density at radius 2 is 0.783 bits per heavy atom. The molecule has 0 amide bonds. The van der Waals surface area contributed by atoms with Crippen LogP contribution < -0.4 is 4.89 Å². The maximum absolute atomic E-state index is 12.0. The van der Waals surface area contributed by atoms with Gasteiger partial charge in [0.25, 0.3) is 0 Å². The van der Waals surface area contributed by atoms with Crippen molar-refractivity contribution < 1.29 is 9.46 Å². The first-order valence-corrected chi connectivity index (χ1v) is 12.4. The monoisotopic (exact) mass is 345 g/mol. The molecule has 0 heterocycles. The Labute approximate surface area is 146 Å². The molecule has 0 aliphatic carbocycles. The summed E-state index contributed by atoms with van der Waals surface area (Å²) in [5.74, 6) is 0. The van der Waals surface area contributed by atoms with E-state index >= 15 is 0 Å². The van der Waals surface area contributed by atoms with Crippen LogP contribution in [0.2, 0.25) is 0 Å². The third-order valence-electron chi connectivity index (χ3n) is 4.70. The van der Waals surface area contributed by atoms with E-state index in [-0.39, 0.29) is 0 Å². The molecule has 0 unspecified atom stereocenters. The zero-order chi connectivity index (χ0) is 17.2. The Hall–Kier alpha value is 0.190. The molecule has 0 spiro atoms. The highest BCUT2D eigenvalue weighted by Gasteiger charge is 2.07. The summed E-state index contributed by atoms with van der Waals surface area (Å²) in [6, 6.07) is 0. The second-order valence-electron chi connectivity index (χ2n) is 7.21. The maximum atomic E-state index is 12.0. The number of rotatable bonds is 18. The van der Waals surface area contributed by atoms with Gasteiger partial charge in [-0.1, -0.05) is 104 Å². The summed E-state index contributed by atoms with van der Waals surface area (Å²) < 4.78 is 12.0. The van der Waals surface area contributed by atoms with Gasteiger partial charge in [0.15, 0.2) is 0 Å². The van der Waals surface area contributed by atoms with Gasteiger partial charge in [-0.15, -0.1) is 0 Å². The molecule has 0 aromatic rings. The number of hydrogen-bond acceptors (Lipinski definition) is 2. The van der Waals surface area contributed by atoms with Crippen LogP contribution in [-0.4, -0.2) is 12.3 Å². The predicted octanol–water partition coefficient (Wildman–Crippen LogP) is 6.91. The molecule has 0 aromatic heterocycles. The van der Waals surface area contributed by atoms with E-state index in [9.17, 15) is 9.46 Å². The van der Waals surface area contributed by atoms with Crippen molar-refractivity contribution >= 4 is 7.37 Å². The van der Waals surface area contributed by atoms with Gasteiger partial charge in [0.05, 0.1) is 0 Å². The first kappa shape index (κ1) is 23.2. The van der Waals surface area contributed by atoms with Crippen LogP contribution in [0.1, 0.15) is 117 Å². The van der Waals surface area contributed by atoms with Gasteiger partial charge < -0.3 is 9.46 Å². The van der Waals surface area contributed by atoms with Crippen molar-refractivity contribution in [3.05, 3.63) is 0 Å². The summed E-state index contributed by atoms with van der Waals surface area (Å²) in [6.07, 6.45) is 20.4. The normalized spacial score (nSPS) is 12.0. The van der Waals surface area contributed by atoms with Crippen LogP contribution in [-0.2, 0) is 4.57 Å². The summed E-state index contributed by atoms with van der Waals surface area (Å²) in [7, 11) is -3.07. The Balaban J connectivity index is 3.35. The van der Waals surface area contributed by atoms with Gasteiger partial charge in [-0.2, -0.15) is 0 Å². The molecule has 2 nitrogen and oxygen atoms in total. The molecule has 0 atom stereocenters. The summed E-state index contributed by atoms with van der Waals surface area (Å²) >= 11 is 0. The second kappa shape index (κ2) is 17.0. The maximum Gasteiger partial charge on any atom is 0.0148 e. The smallest absolute Gasteiger partial charge is 0.0148 e. The van der Waals surface area contributed by atoms with E-state index in [4.69, 9.17) is 0 Å². The third-order valence-corrected chi connectivity index (χ3v) is 6.70. The summed E-state index contributed by atoms with van der Waals surface area (Å²) in [5.41, 5.74) is 0. The molecule has 0 aliphatic heterocycles. The van der Waals surface area contributed by atoms with Crippen molar-refractivity contribution in [2.45, 2.75) is 117 Å². The van der Waals surface area contributed by atoms with E-state index in [2.05, 4.69) is 13.8 Å². The van der Waals surface area contributed by atoms with E-state index < -0.39 is 7.37 Å². The molecule has 0 bridgehead atoms. The van der Waals surface area contributed by atoms with Crippen LogP contribution >= 0.6 is 7.37 Å². The van der Waals surface area contributed by atoms with Crippen LogP contribution in [0.3, 0.4) is 0 Å². The lowest BCUT2D eigenvalue weighted by Gasteiger charge is -2.23. The molecule has 0 radical (unpaired) electrons. The van der Waals surface area contributed by atoms with Crippen molar-refractivity contribution in [1.29, 1.82) is 0 Å². The van der Waals surface area contributed by atoms with Crippen molar-refractivity contribution in [1.82, 2.24) is 0 Å². The second-order valence-corrected chi connectivity index (χ2v) is 9.74. The first-order valence-electron chi connectivity index (χ1n) is 10.4. The van der Waals surface area contributed by atoms with Crippen LogP contribution in [0.4, 0.5) is 0 Å². The Morgan fingerprint density at radius 1 is 0.522 bits per heavy atom. The van der Waals surface area contributed by atoms with Crippen molar-refractivity contribution in [3.63, 3.8) is 0 Å². The van der Waals surface area contributed by atoms with E-state index in [0.717, 1.165) is 25.7 Å². The number of hydrogen-bond donors (Lipinski definition) is 0. The van der Waals surface area contributed by atoms with Crippen molar-refractivity contribution in [2.75, 3.05) is 12.3 Å². The highest BCUT2D eigenvalue weighted by atomic mass is 31.2. The molecule has 0 N–H and O–H groups in total. The lowest BCUT2D eigenvalue weighted by molar-refractivity contribution is -0.175. The molecular formula is C20H42O2P-. The summed E-state index contributed by atoms with van der Waals surface area (Å²) in [4.78, 5) is 12.0. The molecule has 0 saturated heterocycles. The van der Waals surface area contributed by atoms with Gasteiger partial charge in [-0.3, -0.25) is 0 Å². The first-order chi connectivity index (χ1) is 11.1. The topological polar surface area (TPSA) is 40.1 Å². The predicted molar refractivity (Wildman–Crippen MR) is 103 cm³/mol. The summed E-state index contributed by atoms with van der Waals surface area (Å²) in [5, 5.41) is 0. The van der Waals surface area contributed by atoms with Gasteiger partial charge in [-0.05, 0) is 25.2 Å². The highest BCUT2D eigenvalue weighted by Crippen LogP contribution is 2.38. The number of unbranched alkanes of at least 4 members (excludes halogenated alkanes) is 14. The van der Waals surface area contributed by atoms with Crippen molar-refractivity contribution in [3.8, 4) is 0 Å². The third kappa shape index (κ3) is 18.4.